The summed E-state index contributed by atoms with van der Waals surface area (Å²) in [6.45, 7) is 7.57. The van der Waals surface area contributed by atoms with E-state index in [9.17, 15) is 0 Å². The first-order valence-electron chi connectivity index (χ1n) is 17.9. The average molecular weight is 689 g/mol. The first kappa shape index (κ1) is 34.5. The van der Waals surface area contributed by atoms with Gasteiger partial charge in [0.15, 0.2) is 22.7 Å². The fourth-order valence-electron chi connectivity index (χ4n) is 5.98. The molecule has 52 heavy (non-hydrogen) atoms. The van der Waals surface area contributed by atoms with Gasteiger partial charge in [-0.05, 0) is 112 Å². The van der Waals surface area contributed by atoms with Crippen molar-refractivity contribution in [2.24, 2.45) is 0 Å². The van der Waals surface area contributed by atoms with E-state index >= 15 is 0 Å². The van der Waals surface area contributed by atoms with Crippen LogP contribution in [0.4, 0.5) is 0 Å². The molecule has 6 heterocycles. The number of nitrogens with zero attached hydrogens (tertiary/aromatic N) is 8. The van der Waals surface area contributed by atoms with Gasteiger partial charge in [-0.1, -0.05) is 48.2 Å². The fraction of sp³-hybridized carbons (Fsp3) is 0.286. The molecule has 2 aliphatic heterocycles. The molecule has 260 valence electrons. The second-order valence-corrected chi connectivity index (χ2v) is 12.5. The Morgan fingerprint density at radius 1 is 0.481 bits per heavy atom. The van der Waals surface area contributed by atoms with E-state index in [1.54, 1.807) is 12.4 Å². The molecule has 0 aliphatic carbocycles. The summed E-state index contributed by atoms with van der Waals surface area (Å²) in [7, 11) is 0. The number of likely N-dealkylation sites (tertiary alicyclic amines) is 2. The van der Waals surface area contributed by atoms with Gasteiger partial charge in [-0.25, -0.2) is 29.9 Å². The Bertz CT molecular complexity index is 2040. The molecule has 0 atom stereocenters. The lowest BCUT2D eigenvalue weighted by molar-refractivity contribution is 0.231. The van der Waals surface area contributed by atoms with Crippen LogP contribution in [-0.2, 0) is 0 Å². The van der Waals surface area contributed by atoms with Gasteiger partial charge in [0.1, 0.15) is 24.2 Å². The first-order valence-corrected chi connectivity index (χ1v) is 17.9. The summed E-state index contributed by atoms with van der Waals surface area (Å²) in [6, 6.07) is 27.1. The maximum atomic E-state index is 5.95. The number of pyridine rings is 2. The lowest BCUT2D eigenvalue weighted by Crippen LogP contribution is -2.25. The van der Waals surface area contributed by atoms with Crippen molar-refractivity contribution in [2.75, 3.05) is 52.5 Å². The Kier molecular flexibility index (Phi) is 11.8. The molecular weight excluding hydrogens is 649 g/mol. The number of aromatic nitrogens is 6. The molecular formula is C42H40N8O2. The van der Waals surface area contributed by atoms with E-state index in [0.29, 0.717) is 58.7 Å². The molecule has 2 aromatic carbocycles. The summed E-state index contributed by atoms with van der Waals surface area (Å²) in [5.41, 5.74) is 5.51. The molecule has 10 nitrogen and oxygen atoms in total. The number of fused-ring (bicyclic) bond motifs is 2. The summed E-state index contributed by atoms with van der Waals surface area (Å²) < 4.78 is 11.9. The molecule has 8 rings (SSSR count). The zero-order chi connectivity index (χ0) is 35.2. The highest BCUT2D eigenvalue weighted by Gasteiger charge is 2.15. The fourth-order valence-corrected chi connectivity index (χ4v) is 5.98. The monoisotopic (exact) mass is 688 g/mol. The Morgan fingerprint density at radius 2 is 0.904 bits per heavy atom. The Labute approximate surface area is 304 Å². The summed E-state index contributed by atoms with van der Waals surface area (Å²) in [6.07, 6.45) is 8.51. The van der Waals surface area contributed by atoms with E-state index in [4.69, 9.17) is 9.47 Å². The van der Waals surface area contributed by atoms with E-state index in [0.717, 1.165) is 50.4 Å². The molecule has 0 amide bonds. The van der Waals surface area contributed by atoms with Gasteiger partial charge in [0.2, 0.25) is 11.8 Å². The van der Waals surface area contributed by atoms with Crippen LogP contribution in [0.15, 0.2) is 97.3 Å². The smallest absolute Gasteiger partial charge is 0.249 e. The van der Waals surface area contributed by atoms with Crippen LogP contribution in [0.2, 0.25) is 0 Å². The van der Waals surface area contributed by atoms with Gasteiger partial charge in [0.05, 0.1) is 0 Å². The maximum Gasteiger partial charge on any atom is 0.249 e. The third-order valence-electron chi connectivity index (χ3n) is 8.70. The zero-order valence-electron chi connectivity index (χ0n) is 29.1. The Morgan fingerprint density at radius 3 is 1.33 bits per heavy atom. The van der Waals surface area contributed by atoms with E-state index < -0.39 is 0 Å². The van der Waals surface area contributed by atoms with Crippen LogP contribution in [0.25, 0.3) is 22.3 Å². The number of hydrogen-bond acceptors (Lipinski definition) is 10. The maximum absolute atomic E-state index is 5.95. The van der Waals surface area contributed by atoms with Gasteiger partial charge in [0, 0.05) is 36.6 Å². The van der Waals surface area contributed by atoms with Gasteiger partial charge in [-0.15, -0.1) is 0 Å². The van der Waals surface area contributed by atoms with Gasteiger partial charge in [-0.3, -0.25) is 9.80 Å². The highest BCUT2D eigenvalue weighted by atomic mass is 16.5. The molecule has 0 radical (unpaired) electrons. The molecule has 2 saturated heterocycles. The second-order valence-electron chi connectivity index (χ2n) is 12.5. The third-order valence-corrected chi connectivity index (χ3v) is 8.70. The summed E-state index contributed by atoms with van der Waals surface area (Å²) in [5.74, 6) is 13.4. The predicted molar refractivity (Wildman–Crippen MR) is 202 cm³/mol. The van der Waals surface area contributed by atoms with Crippen molar-refractivity contribution >= 4 is 22.3 Å². The van der Waals surface area contributed by atoms with Crippen LogP contribution >= 0.6 is 0 Å². The molecule has 2 aliphatic rings. The highest BCUT2D eigenvalue weighted by molar-refractivity contribution is 5.72. The standard InChI is InChI=1S/2C21H20N4O/c2*1-2-7-17(8-3-1)10-11-19-21(26-16-15-25-13-4-5-14-25)24-18-9-6-12-22-20(18)23-19/h2*1-3,6-9,12H,4-5,13-16H2. The minimum absolute atomic E-state index is 0.480. The van der Waals surface area contributed by atoms with Gasteiger partial charge >= 0.3 is 0 Å². The largest absolute Gasteiger partial charge is 0.474 e. The molecule has 0 N–H and O–H groups in total. The van der Waals surface area contributed by atoms with Crippen molar-refractivity contribution in [3.05, 3.63) is 120 Å². The molecule has 0 spiro atoms. The van der Waals surface area contributed by atoms with Crippen molar-refractivity contribution in [2.45, 2.75) is 25.7 Å². The lowest BCUT2D eigenvalue weighted by Gasteiger charge is -2.15. The lowest BCUT2D eigenvalue weighted by atomic mass is 10.2. The van der Waals surface area contributed by atoms with Crippen LogP contribution < -0.4 is 9.47 Å². The van der Waals surface area contributed by atoms with Crippen LogP contribution in [-0.4, -0.2) is 92.2 Å². The van der Waals surface area contributed by atoms with E-state index in [1.807, 2.05) is 84.9 Å². The van der Waals surface area contributed by atoms with Crippen molar-refractivity contribution < 1.29 is 9.47 Å². The third kappa shape index (κ3) is 9.64. The SMILES string of the molecule is C(#Cc1nc2ncccc2nc1OCCN1CCCC1)c1ccccc1.C(#Cc1nc2ncccc2nc1OCCN1CCCC1)c1ccccc1. The average Bonchev–Trinajstić information content (AvgIpc) is 3.93. The van der Waals surface area contributed by atoms with Gasteiger partial charge in [-0.2, -0.15) is 0 Å². The number of rotatable bonds is 8. The van der Waals surface area contributed by atoms with Crippen LogP contribution in [0, 0.1) is 23.7 Å². The second kappa shape index (κ2) is 17.8. The van der Waals surface area contributed by atoms with Crippen molar-refractivity contribution in [3.63, 3.8) is 0 Å². The molecule has 0 saturated carbocycles. The van der Waals surface area contributed by atoms with Gasteiger partial charge in [0.25, 0.3) is 0 Å². The zero-order valence-corrected chi connectivity index (χ0v) is 29.1. The Hall–Kier alpha value is -5.94. The quantitative estimate of drug-likeness (QED) is 0.183. The molecule has 2 fully saturated rings. The van der Waals surface area contributed by atoms with Crippen molar-refractivity contribution in [1.82, 2.24) is 39.7 Å². The summed E-state index contributed by atoms with van der Waals surface area (Å²) >= 11 is 0. The summed E-state index contributed by atoms with van der Waals surface area (Å²) in [5, 5.41) is 0. The van der Waals surface area contributed by atoms with Crippen LogP contribution in [0.5, 0.6) is 11.8 Å². The number of hydrogen-bond donors (Lipinski definition) is 0. The highest BCUT2D eigenvalue weighted by Crippen LogP contribution is 2.19. The van der Waals surface area contributed by atoms with E-state index in [2.05, 4.69) is 63.4 Å². The minimum atomic E-state index is 0.480. The van der Waals surface area contributed by atoms with Gasteiger partial charge < -0.3 is 9.47 Å². The first-order chi connectivity index (χ1) is 25.8. The number of benzene rings is 2. The van der Waals surface area contributed by atoms with E-state index in [1.165, 1.54) is 25.7 Å². The summed E-state index contributed by atoms with van der Waals surface area (Å²) in [4.78, 5) is 31.6. The predicted octanol–water partition coefficient (Wildman–Crippen LogP) is 5.80. The van der Waals surface area contributed by atoms with Crippen LogP contribution in [0.3, 0.4) is 0 Å². The molecule has 4 aromatic heterocycles. The minimum Gasteiger partial charge on any atom is -0.474 e. The Balaban J connectivity index is 0.000000162. The van der Waals surface area contributed by atoms with Crippen molar-refractivity contribution in [1.29, 1.82) is 0 Å². The normalized spacial score (nSPS) is 14.2. The van der Waals surface area contributed by atoms with E-state index in [-0.39, 0.29) is 0 Å². The van der Waals surface area contributed by atoms with Crippen LogP contribution in [0.1, 0.15) is 48.2 Å². The van der Waals surface area contributed by atoms with Crippen molar-refractivity contribution in [3.8, 4) is 35.4 Å². The molecule has 10 heteroatoms. The molecule has 0 unspecified atom stereocenters. The molecule has 0 bridgehead atoms. The number of ether oxygens (including phenoxy) is 2. The topological polar surface area (TPSA) is 102 Å². The molecule has 6 aromatic rings.